The first-order valence-corrected chi connectivity index (χ1v) is 13.5. The fraction of sp³-hybridized carbons (Fsp3) is 0.231. The number of anilines is 1. The number of amides is 2. The maximum Gasteiger partial charge on any atom is 0.271 e. The average Bonchev–Trinajstić information content (AvgIpc) is 2.92. The first-order valence-electron chi connectivity index (χ1n) is 11.7. The Morgan fingerprint density at radius 1 is 1.03 bits per heavy atom. The van der Waals surface area contributed by atoms with Crippen LogP contribution in [-0.4, -0.2) is 49.7 Å². The topological polar surface area (TPSA) is 130 Å². The number of halogens is 1. The summed E-state index contributed by atoms with van der Waals surface area (Å²) in [5.74, 6) is -1.12. The third-order valence-electron chi connectivity index (χ3n) is 5.87. The molecule has 2 amide bonds. The van der Waals surface area contributed by atoms with Crippen LogP contribution in [0, 0.1) is 10.1 Å². The fourth-order valence-electron chi connectivity index (χ4n) is 3.91. The monoisotopic (exact) mass is 558 g/mol. The van der Waals surface area contributed by atoms with Crippen LogP contribution in [0.5, 0.6) is 0 Å². The summed E-state index contributed by atoms with van der Waals surface area (Å²) in [6, 6.07) is 18.3. The van der Waals surface area contributed by atoms with Gasteiger partial charge >= 0.3 is 0 Å². The number of nitrogens with one attached hydrogen (secondary N) is 1. The van der Waals surface area contributed by atoms with Gasteiger partial charge in [-0.1, -0.05) is 61.0 Å². The van der Waals surface area contributed by atoms with Gasteiger partial charge in [0.05, 0.1) is 15.5 Å². The van der Waals surface area contributed by atoms with Crippen molar-refractivity contribution in [3.63, 3.8) is 0 Å². The van der Waals surface area contributed by atoms with E-state index in [1.54, 1.807) is 37.3 Å². The largest absolute Gasteiger partial charge is 0.357 e. The molecular weight excluding hydrogens is 532 g/mol. The number of non-ortho nitro benzene ring substituents is 1. The number of hydrogen-bond donors (Lipinski definition) is 1. The van der Waals surface area contributed by atoms with E-state index < -0.39 is 39.3 Å². The van der Waals surface area contributed by atoms with Gasteiger partial charge in [-0.25, -0.2) is 8.42 Å². The van der Waals surface area contributed by atoms with E-state index in [2.05, 4.69) is 5.32 Å². The molecule has 12 heteroatoms. The van der Waals surface area contributed by atoms with E-state index in [1.165, 1.54) is 54.4 Å². The molecule has 0 unspecified atom stereocenters. The number of carbonyl (C=O) groups excluding carboxylic acids is 2. The number of likely N-dealkylation sites (N-methyl/N-ethyl adjacent to an activating group) is 1. The molecule has 0 aliphatic heterocycles. The molecule has 0 saturated heterocycles. The Morgan fingerprint density at radius 2 is 1.68 bits per heavy atom. The van der Waals surface area contributed by atoms with Crippen LogP contribution >= 0.6 is 11.6 Å². The zero-order valence-corrected chi connectivity index (χ0v) is 22.4. The predicted molar refractivity (Wildman–Crippen MR) is 144 cm³/mol. The lowest BCUT2D eigenvalue weighted by atomic mass is 10.1. The van der Waals surface area contributed by atoms with Gasteiger partial charge in [0, 0.05) is 30.7 Å². The first-order chi connectivity index (χ1) is 18.1. The Balaban J connectivity index is 2.10. The molecule has 38 heavy (non-hydrogen) atoms. The summed E-state index contributed by atoms with van der Waals surface area (Å²) >= 11 is 6.33. The molecule has 0 saturated carbocycles. The normalized spacial score (nSPS) is 11.9. The lowest BCUT2D eigenvalue weighted by Gasteiger charge is -2.33. The quantitative estimate of drug-likeness (QED) is 0.280. The van der Waals surface area contributed by atoms with Crippen molar-refractivity contribution in [1.82, 2.24) is 10.2 Å². The Morgan fingerprint density at radius 3 is 2.29 bits per heavy atom. The van der Waals surface area contributed by atoms with Gasteiger partial charge in [0.25, 0.3) is 15.7 Å². The van der Waals surface area contributed by atoms with E-state index in [0.717, 1.165) is 10.4 Å². The molecule has 0 aromatic heterocycles. The van der Waals surface area contributed by atoms with Crippen LogP contribution in [0.25, 0.3) is 0 Å². The van der Waals surface area contributed by atoms with E-state index in [1.807, 2.05) is 0 Å². The number of rotatable bonds is 11. The third kappa shape index (κ3) is 6.48. The van der Waals surface area contributed by atoms with Crippen molar-refractivity contribution in [2.45, 2.75) is 30.8 Å². The molecule has 0 heterocycles. The molecule has 0 aliphatic carbocycles. The molecule has 0 aliphatic rings. The summed E-state index contributed by atoms with van der Waals surface area (Å²) in [4.78, 5) is 38.5. The summed E-state index contributed by atoms with van der Waals surface area (Å²) in [5, 5.41) is 14.3. The lowest BCUT2D eigenvalue weighted by molar-refractivity contribution is -0.384. The van der Waals surface area contributed by atoms with Gasteiger partial charge in [-0.15, -0.1) is 0 Å². The Labute approximate surface area is 226 Å². The van der Waals surface area contributed by atoms with Gasteiger partial charge in [0.1, 0.15) is 12.6 Å². The minimum absolute atomic E-state index is 0.0569. The van der Waals surface area contributed by atoms with Crippen molar-refractivity contribution in [3.8, 4) is 0 Å². The second kappa shape index (κ2) is 12.5. The molecule has 0 fully saturated rings. The van der Waals surface area contributed by atoms with Crippen LogP contribution < -0.4 is 9.62 Å². The summed E-state index contributed by atoms with van der Waals surface area (Å²) in [7, 11) is -2.88. The molecule has 0 spiro atoms. The van der Waals surface area contributed by atoms with Crippen molar-refractivity contribution in [2.75, 3.05) is 17.9 Å². The van der Waals surface area contributed by atoms with Crippen LogP contribution in [0.15, 0.2) is 83.8 Å². The first kappa shape index (κ1) is 28.6. The van der Waals surface area contributed by atoms with Gasteiger partial charge in [0.2, 0.25) is 11.8 Å². The number of hydrogen-bond acceptors (Lipinski definition) is 6. The second-order valence-corrected chi connectivity index (χ2v) is 10.5. The minimum Gasteiger partial charge on any atom is -0.357 e. The van der Waals surface area contributed by atoms with Crippen molar-refractivity contribution >= 4 is 44.8 Å². The Bertz CT molecular complexity index is 1420. The van der Waals surface area contributed by atoms with Crippen LogP contribution in [0.4, 0.5) is 11.4 Å². The molecule has 3 aromatic rings. The summed E-state index contributed by atoms with van der Waals surface area (Å²) in [5.41, 5.74) is 0.160. The zero-order valence-electron chi connectivity index (χ0n) is 20.8. The molecule has 1 atom stereocenters. The van der Waals surface area contributed by atoms with Gasteiger partial charge in [-0.2, -0.15) is 0 Å². The van der Waals surface area contributed by atoms with Gasteiger partial charge in [-0.3, -0.25) is 24.0 Å². The van der Waals surface area contributed by atoms with Crippen LogP contribution in [0.2, 0.25) is 5.02 Å². The lowest BCUT2D eigenvalue weighted by Crippen LogP contribution is -2.51. The van der Waals surface area contributed by atoms with E-state index in [4.69, 9.17) is 11.6 Å². The number of sulfonamides is 1. The average molecular weight is 559 g/mol. The standard InChI is InChI=1S/C26H27ClN4O6S/c1-3-24(26(33)28-2)29(17-19-10-7-8-15-23(19)27)25(32)18-30(20-11-9-12-21(16-20)31(34)35)38(36,37)22-13-5-4-6-14-22/h4-16,24H,3,17-18H2,1-2H3,(H,28,33)/t24-/m0/s1. The molecular formula is C26H27ClN4O6S. The van der Waals surface area contributed by atoms with Crippen molar-refractivity contribution < 1.29 is 22.9 Å². The number of carbonyl (C=O) groups is 2. The maximum absolute atomic E-state index is 13.8. The third-order valence-corrected chi connectivity index (χ3v) is 8.03. The van der Waals surface area contributed by atoms with E-state index in [0.29, 0.717) is 10.6 Å². The molecule has 1 N–H and O–H groups in total. The van der Waals surface area contributed by atoms with Crippen LogP contribution in [0.3, 0.4) is 0 Å². The Hall–Kier alpha value is -3.96. The molecule has 3 aromatic carbocycles. The highest BCUT2D eigenvalue weighted by Gasteiger charge is 2.34. The van der Waals surface area contributed by atoms with Gasteiger partial charge in [-0.05, 0) is 36.2 Å². The van der Waals surface area contributed by atoms with Gasteiger partial charge in [0.15, 0.2) is 0 Å². The fourth-order valence-corrected chi connectivity index (χ4v) is 5.53. The highest BCUT2D eigenvalue weighted by Crippen LogP contribution is 2.28. The summed E-state index contributed by atoms with van der Waals surface area (Å²) in [6.45, 7) is 0.959. The van der Waals surface area contributed by atoms with E-state index >= 15 is 0 Å². The second-order valence-electron chi connectivity index (χ2n) is 8.25. The molecule has 0 radical (unpaired) electrons. The van der Waals surface area contributed by atoms with Crippen molar-refractivity contribution in [2.24, 2.45) is 0 Å². The van der Waals surface area contributed by atoms with E-state index in [9.17, 15) is 28.1 Å². The van der Waals surface area contributed by atoms with Crippen LogP contribution in [0.1, 0.15) is 18.9 Å². The number of nitro benzene ring substituents is 1. The van der Waals surface area contributed by atoms with Crippen molar-refractivity contribution in [3.05, 3.63) is 99.6 Å². The smallest absolute Gasteiger partial charge is 0.271 e. The predicted octanol–water partition coefficient (Wildman–Crippen LogP) is 4.00. The molecule has 3 rings (SSSR count). The zero-order chi connectivity index (χ0) is 27.9. The van der Waals surface area contributed by atoms with Crippen molar-refractivity contribution in [1.29, 1.82) is 0 Å². The molecule has 10 nitrogen and oxygen atoms in total. The summed E-state index contributed by atoms with van der Waals surface area (Å²) < 4.78 is 28.2. The van der Waals surface area contributed by atoms with Crippen LogP contribution in [-0.2, 0) is 26.2 Å². The SMILES string of the molecule is CC[C@@H](C(=O)NC)N(Cc1ccccc1Cl)C(=O)CN(c1cccc([N+](=O)[O-])c1)S(=O)(=O)c1ccccc1. The highest BCUT2D eigenvalue weighted by atomic mass is 35.5. The minimum atomic E-state index is -4.33. The maximum atomic E-state index is 13.8. The highest BCUT2D eigenvalue weighted by molar-refractivity contribution is 7.92. The van der Waals surface area contributed by atoms with Gasteiger partial charge < -0.3 is 10.2 Å². The number of nitrogens with zero attached hydrogens (tertiary/aromatic N) is 3. The Kier molecular flexibility index (Phi) is 9.43. The summed E-state index contributed by atoms with van der Waals surface area (Å²) in [6.07, 6.45) is 0.248. The molecule has 0 bridgehead atoms. The van der Waals surface area contributed by atoms with E-state index in [-0.39, 0.29) is 29.2 Å². The molecule has 200 valence electrons. The number of benzene rings is 3. The number of nitro groups is 1.